The van der Waals surface area contributed by atoms with E-state index in [-0.39, 0.29) is 5.92 Å². The Labute approximate surface area is 108 Å². The lowest BCUT2D eigenvalue weighted by molar-refractivity contribution is -0.140. The minimum atomic E-state index is -0.782. The number of carboxylic acids is 1. The molecule has 1 aromatic carbocycles. The number of aliphatic carboxylic acids is 1. The van der Waals surface area contributed by atoms with Gasteiger partial charge >= 0.3 is 5.97 Å². The predicted molar refractivity (Wildman–Crippen MR) is 71.0 cm³/mol. The summed E-state index contributed by atoms with van der Waals surface area (Å²) in [5, 5.41) is 12.0. The third-order valence-corrected chi connectivity index (χ3v) is 2.97. The first-order valence-corrected chi connectivity index (χ1v) is 6.03. The third-order valence-electron chi connectivity index (χ3n) is 2.97. The number of methoxy groups -OCH3 is 1. The molecule has 0 aliphatic carbocycles. The van der Waals surface area contributed by atoms with Gasteiger partial charge < -0.3 is 15.2 Å². The second-order valence-electron chi connectivity index (χ2n) is 4.63. The van der Waals surface area contributed by atoms with Crippen molar-refractivity contribution < 1.29 is 14.6 Å². The molecule has 2 N–H and O–H groups in total. The summed E-state index contributed by atoms with van der Waals surface area (Å²) in [4.78, 5) is 10.7. The van der Waals surface area contributed by atoms with Crippen LogP contribution in [0.3, 0.4) is 0 Å². The summed E-state index contributed by atoms with van der Waals surface area (Å²) in [6, 6.07) is 4.09. The van der Waals surface area contributed by atoms with Gasteiger partial charge in [-0.2, -0.15) is 0 Å². The minimum Gasteiger partial charge on any atom is -0.496 e. The summed E-state index contributed by atoms with van der Waals surface area (Å²) in [7, 11) is 1.65. The van der Waals surface area contributed by atoms with E-state index in [0.29, 0.717) is 13.1 Å². The molecule has 1 aromatic rings. The highest BCUT2D eigenvalue weighted by atomic mass is 16.5. The van der Waals surface area contributed by atoms with Crippen molar-refractivity contribution in [1.82, 2.24) is 5.32 Å². The molecule has 100 valence electrons. The van der Waals surface area contributed by atoms with Crippen LogP contribution < -0.4 is 10.1 Å². The van der Waals surface area contributed by atoms with E-state index in [2.05, 4.69) is 11.4 Å². The zero-order valence-electron chi connectivity index (χ0n) is 11.4. The third kappa shape index (κ3) is 3.74. The maximum atomic E-state index is 10.7. The van der Waals surface area contributed by atoms with Gasteiger partial charge in [0.25, 0.3) is 0 Å². The first-order chi connectivity index (χ1) is 8.45. The van der Waals surface area contributed by atoms with Crippen LogP contribution in [-0.4, -0.2) is 24.7 Å². The van der Waals surface area contributed by atoms with Crippen molar-refractivity contribution in [2.24, 2.45) is 5.92 Å². The van der Waals surface area contributed by atoms with Gasteiger partial charge in [-0.15, -0.1) is 0 Å². The van der Waals surface area contributed by atoms with Crippen LogP contribution in [-0.2, 0) is 11.3 Å². The molecule has 0 aliphatic rings. The quantitative estimate of drug-likeness (QED) is 0.813. The van der Waals surface area contributed by atoms with Crippen molar-refractivity contribution >= 4 is 5.97 Å². The van der Waals surface area contributed by atoms with E-state index >= 15 is 0 Å². The van der Waals surface area contributed by atoms with Gasteiger partial charge in [0.15, 0.2) is 0 Å². The fourth-order valence-electron chi connectivity index (χ4n) is 1.87. The molecule has 0 bridgehead atoms. The molecule has 0 aliphatic heterocycles. The zero-order valence-corrected chi connectivity index (χ0v) is 11.4. The largest absolute Gasteiger partial charge is 0.496 e. The summed E-state index contributed by atoms with van der Waals surface area (Å²) < 4.78 is 5.36. The van der Waals surface area contributed by atoms with Gasteiger partial charge in [0.2, 0.25) is 0 Å². The monoisotopic (exact) mass is 251 g/mol. The first-order valence-electron chi connectivity index (χ1n) is 6.03. The summed E-state index contributed by atoms with van der Waals surface area (Å²) in [5.41, 5.74) is 3.40. The van der Waals surface area contributed by atoms with E-state index in [1.807, 2.05) is 19.9 Å². The molecule has 1 rings (SSSR count). The summed E-state index contributed by atoms with van der Waals surface area (Å²) in [6.45, 7) is 6.82. The highest BCUT2D eigenvalue weighted by Crippen LogP contribution is 2.23. The molecule has 0 heterocycles. The van der Waals surface area contributed by atoms with Gasteiger partial charge in [-0.05, 0) is 31.0 Å². The van der Waals surface area contributed by atoms with Gasteiger partial charge in [-0.25, -0.2) is 0 Å². The number of benzene rings is 1. The number of carboxylic acid groups (broad SMARTS) is 1. The van der Waals surface area contributed by atoms with Crippen molar-refractivity contribution in [2.45, 2.75) is 27.3 Å². The normalized spacial score (nSPS) is 12.2. The van der Waals surface area contributed by atoms with Crippen molar-refractivity contribution in [3.05, 3.63) is 28.8 Å². The van der Waals surface area contributed by atoms with Crippen LogP contribution in [0.5, 0.6) is 5.75 Å². The second kappa shape index (κ2) is 6.40. The Morgan fingerprint density at radius 1 is 1.44 bits per heavy atom. The van der Waals surface area contributed by atoms with Crippen molar-refractivity contribution in [2.75, 3.05) is 13.7 Å². The van der Waals surface area contributed by atoms with E-state index < -0.39 is 5.97 Å². The summed E-state index contributed by atoms with van der Waals surface area (Å²) >= 11 is 0. The first kappa shape index (κ1) is 14.5. The fourth-order valence-corrected chi connectivity index (χ4v) is 1.87. The number of rotatable bonds is 6. The minimum absolute atomic E-state index is 0.387. The summed E-state index contributed by atoms with van der Waals surface area (Å²) in [6.07, 6.45) is 0. The molecule has 0 saturated heterocycles. The van der Waals surface area contributed by atoms with Crippen LogP contribution in [0.1, 0.15) is 23.6 Å². The van der Waals surface area contributed by atoms with Gasteiger partial charge in [-0.3, -0.25) is 4.79 Å². The maximum absolute atomic E-state index is 10.7. The van der Waals surface area contributed by atoms with Gasteiger partial charge in [0.05, 0.1) is 13.0 Å². The van der Waals surface area contributed by atoms with E-state index in [1.165, 1.54) is 0 Å². The molecule has 0 aromatic heterocycles. The molecular formula is C14H21NO3. The molecule has 18 heavy (non-hydrogen) atoms. The average molecular weight is 251 g/mol. The summed E-state index contributed by atoms with van der Waals surface area (Å²) in [5.74, 6) is -0.320. The van der Waals surface area contributed by atoms with Crippen molar-refractivity contribution in [1.29, 1.82) is 0 Å². The highest BCUT2D eigenvalue weighted by molar-refractivity contribution is 5.69. The number of aryl methyl sites for hydroxylation is 2. The van der Waals surface area contributed by atoms with Crippen LogP contribution in [0.25, 0.3) is 0 Å². The van der Waals surface area contributed by atoms with Crippen molar-refractivity contribution in [3.63, 3.8) is 0 Å². The number of hydrogen-bond donors (Lipinski definition) is 2. The topological polar surface area (TPSA) is 58.6 Å². The van der Waals surface area contributed by atoms with E-state index in [9.17, 15) is 4.79 Å². The van der Waals surface area contributed by atoms with Crippen LogP contribution in [0.2, 0.25) is 0 Å². The molecule has 0 saturated carbocycles. The number of ether oxygens (including phenoxy) is 1. The Bertz CT molecular complexity index is 429. The Morgan fingerprint density at radius 3 is 2.67 bits per heavy atom. The maximum Gasteiger partial charge on any atom is 0.307 e. The van der Waals surface area contributed by atoms with Crippen LogP contribution in [0, 0.1) is 19.8 Å². The van der Waals surface area contributed by atoms with Gasteiger partial charge in [0, 0.05) is 18.7 Å². The number of nitrogens with one attached hydrogen (secondary N) is 1. The second-order valence-corrected chi connectivity index (χ2v) is 4.63. The Balaban J connectivity index is 2.70. The Kier molecular flexibility index (Phi) is 5.16. The van der Waals surface area contributed by atoms with Crippen LogP contribution in [0.4, 0.5) is 0 Å². The molecule has 0 radical (unpaired) electrons. The van der Waals surface area contributed by atoms with E-state index in [1.54, 1.807) is 14.0 Å². The van der Waals surface area contributed by atoms with Gasteiger partial charge in [0.1, 0.15) is 5.75 Å². The smallest absolute Gasteiger partial charge is 0.307 e. The zero-order chi connectivity index (χ0) is 13.7. The lowest BCUT2D eigenvalue weighted by Crippen LogP contribution is -2.26. The predicted octanol–water partition coefficient (Wildman–Crippen LogP) is 2.12. The lowest BCUT2D eigenvalue weighted by Gasteiger charge is -2.14. The van der Waals surface area contributed by atoms with Crippen LogP contribution >= 0.6 is 0 Å². The van der Waals surface area contributed by atoms with Crippen molar-refractivity contribution in [3.8, 4) is 5.75 Å². The van der Waals surface area contributed by atoms with E-state index in [0.717, 1.165) is 22.4 Å². The SMILES string of the molecule is COc1cc(C)cc(C)c1CNCC(C)C(=O)O. The number of carbonyl (C=O) groups is 1. The molecular weight excluding hydrogens is 230 g/mol. The molecule has 4 heteroatoms. The highest BCUT2D eigenvalue weighted by Gasteiger charge is 2.12. The molecule has 0 spiro atoms. The Hall–Kier alpha value is -1.55. The lowest BCUT2D eigenvalue weighted by atomic mass is 10.0. The van der Waals surface area contributed by atoms with E-state index in [4.69, 9.17) is 9.84 Å². The van der Waals surface area contributed by atoms with Crippen LogP contribution in [0.15, 0.2) is 12.1 Å². The molecule has 0 fully saturated rings. The molecule has 1 atom stereocenters. The Morgan fingerprint density at radius 2 is 2.11 bits per heavy atom. The standard InChI is InChI=1S/C14H21NO3/c1-9-5-10(2)12(13(6-9)18-4)8-15-7-11(3)14(16)17/h5-6,11,15H,7-8H2,1-4H3,(H,16,17). The molecule has 0 amide bonds. The van der Waals surface area contributed by atoms with Gasteiger partial charge in [-0.1, -0.05) is 13.0 Å². The molecule has 4 nitrogen and oxygen atoms in total. The average Bonchev–Trinajstić information content (AvgIpc) is 2.30. The molecule has 1 unspecified atom stereocenters. The number of hydrogen-bond acceptors (Lipinski definition) is 3. The fraction of sp³-hybridized carbons (Fsp3) is 0.500.